The summed E-state index contributed by atoms with van der Waals surface area (Å²) >= 11 is 0. The zero-order valence-corrected chi connectivity index (χ0v) is 16.0. The molecule has 1 heterocycles. The van der Waals surface area contributed by atoms with Crippen molar-refractivity contribution >= 4 is 5.91 Å². The van der Waals surface area contributed by atoms with Crippen molar-refractivity contribution < 1.29 is 19.0 Å². The SMILES string of the molecule is COc1cccc(CO[C@H](C)C(=O)NC[C@H]2CCO[C@H]2C(C)(C)C)c1. The second-order valence-electron chi connectivity index (χ2n) is 7.76. The molecule has 1 fully saturated rings. The Hall–Kier alpha value is -1.59. The monoisotopic (exact) mass is 349 g/mol. The molecule has 0 spiro atoms. The van der Waals surface area contributed by atoms with E-state index in [0.717, 1.165) is 24.3 Å². The third-order valence-corrected chi connectivity index (χ3v) is 4.61. The molecule has 3 atom stereocenters. The van der Waals surface area contributed by atoms with Crippen molar-refractivity contribution in [1.29, 1.82) is 0 Å². The van der Waals surface area contributed by atoms with Gasteiger partial charge in [0.05, 0.1) is 19.8 Å². The molecule has 5 nitrogen and oxygen atoms in total. The molecule has 0 aromatic heterocycles. The van der Waals surface area contributed by atoms with Crippen LogP contribution in [0, 0.1) is 11.3 Å². The van der Waals surface area contributed by atoms with E-state index in [1.54, 1.807) is 14.0 Å². The summed E-state index contributed by atoms with van der Waals surface area (Å²) in [6, 6.07) is 7.66. The third-order valence-electron chi connectivity index (χ3n) is 4.61. The van der Waals surface area contributed by atoms with E-state index in [-0.39, 0.29) is 17.4 Å². The van der Waals surface area contributed by atoms with Gasteiger partial charge in [0, 0.05) is 19.1 Å². The average molecular weight is 349 g/mol. The molecule has 1 aliphatic rings. The lowest BCUT2D eigenvalue weighted by molar-refractivity contribution is -0.132. The van der Waals surface area contributed by atoms with Gasteiger partial charge in [-0.2, -0.15) is 0 Å². The zero-order valence-electron chi connectivity index (χ0n) is 16.0. The van der Waals surface area contributed by atoms with Gasteiger partial charge in [-0.1, -0.05) is 32.9 Å². The molecule has 1 aromatic carbocycles. The largest absolute Gasteiger partial charge is 0.497 e. The summed E-state index contributed by atoms with van der Waals surface area (Å²) in [6.45, 7) is 10.1. The highest BCUT2D eigenvalue weighted by Gasteiger charge is 2.37. The van der Waals surface area contributed by atoms with Crippen LogP contribution in [0.25, 0.3) is 0 Å². The molecule has 1 N–H and O–H groups in total. The van der Waals surface area contributed by atoms with Crippen LogP contribution in [0.4, 0.5) is 0 Å². The van der Waals surface area contributed by atoms with E-state index >= 15 is 0 Å². The molecule has 25 heavy (non-hydrogen) atoms. The molecule has 1 amide bonds. The van der Waals surface area contributed by atoms with Crippen LogP contribution in [0.2, 0.25) is 0 Å². The summed E-state index contributed by atoms with van der Waals surface area (Å²) in [7, 11) is 1.63. The van der Waals surface area contributed by atoms with Crippen LogP contribution in [-0.2, 0) is 20.9 Å². The van der Waals surface area contributed by atoms with Gasteiger partial charge in [-0.25, -0.2) is 0 Å². The van der Waals surface area contributed by atoms with Crippen molar-refractivity contribution in [2.45, 2.75) is 52.9 Å². The fourth-order valence-electron chi connectivity index (χ4n) is 3.23. The van der Waals surface area contributed by atoms with Crippen LogP contribution in [0.15, 0.2) is 24.3 Å². The second-order valence-corrected chi connectivity index (χ2v) is 7.76. The van der Waals surface area contributed by atoms with E-state index in [0.29, 0.717) is 19.1 Å². The van der Waals surface area contributed by atoms with Crippen LogP contribution in [0.1, 0.15) is 39.7 Å². The molecule has 2 rings (SSSR count). The zero-order chi connectivity index (χ0) is 18.4. The van der Waals surface area contributed by atoms with Crippen LogP contribution >= 0.6 is 0 Å². The van der Waals surface area contributed by atoms with Crippen molar-refractivity contribution in [1.82, 2.24) is 5.32 Å². The quantitative estimate of drug-likeness (QED) is 0.821. The molecule has 1 aliphatic heterocycles. The minimum Gasteiger partial charge on any atom is -0.497 e. The Morgan fingerprint density at radius 3 is 2.84 bits per heavy atom. The fourth-order valence-corrected chi connectivity index (χ4v) is 3.23. The number of rotatable bonds is 7. The summed E-state index contributed by atoms with van der Waals surface area (Å²) in [6.07, 6.45) is 0.670. The molecule has 0 radical (unpaired) electrons. The Bertz CT molecular complexity index is 567. The van der Waals surface area contributed by atoms with Gasteiger partial charge in [0.1, 0.15) is 11.9 Å². The highest BCUT2D eigenvalue weighted by Crippen LogP contribution is 2.34. The van der Waals surface area contributed by atoms with Gasteiger partial charge < -0.3 is 19.5 Å². The molecule has 1 saturated heterocycles. The van der Waals surface area contributed by atoms with Crippen LogP contribution in [0.5, 0.6) is 5.75 Å². The minimum atomic E-state index is -0.499. The summed E-state index contributed by atoms with van der Waals surface area (Å²) in [5, 5.41) is 3.02. The second kappa shape index (κ2) is 8.68. The maximum Gasteiger partial charge on any atom is 0.248 e. The normalized spacial score (nSPS) is 21.8. The number of amides is 1. The van der Waals surface area contributed by atoms with Crippen LogP contribution in [0.3, 0.4) is 0 Å². The lowest BCUT2D eigenvalue weighted by atomic mass is 9.81. The number of carbonyl (C=O) groups excluding carboxylic acids is 1. The Kier molecular flexibility index (Phi) is 6.85. The molecule has 1 aromatic rings. The Labute approximate surface area is 151 Å². The number of hydrogen-bond acceptors (Lipinski definition) is 4. The van der Waals surface area contributed by atoms with Crippen LogP contribution in [-0.4, -0.2) is 38.4 Å². The molecule has 0 unspecified atom stereocenters. The lowest BCUT2D eigenvalue weighted by Crippen LogP contribution is -2.42. The predicted octanol–water partition coefficient (Wildman–Crippen LogP) is 3.17. The first-order valence-corrected chi connectivity index (χ1v) is 8.95. The van der Waals surface area contributed by atoms with Crippen LogP contribution < -0.4 is 10.1 Å². The number of nitrogens with one attached hydrogen (secondary N) is 1. The molecule has 140 valence electrons. The highest BCUT2D eigenvalue weighted by molar-refractivity contribution is 5.80. The standard InChI is InChI=1S/C20H31NO4/c1-14(25-13-15-7-6-8-17(11-15)23-5)19(22)21-12-16-9-10-24-18(16)20(2,3)4/h6-8,11,14,16,18H,9-10,12-13H2,1-5H3,(H,21,22)/t14-,16-,18-/m1/s1. The fraction of sp³-hybridized carbons (Fsp3) is 0.650. The Morgan fingerprint density at radius 1 is 1.40 bits per heavy atom. The van der Waals surface area contributed by atoms with Crippen molar-refractivity contribution in [3.05, 3.63) is 29.8 Å². The molecule has 0 saturated carbocycles. The first kappa shape index (κ1) is 19.7. The first-order valence-electron chi connectivity index (χ1n) is 8.95. The molecule has 5 heteroatoms. The number of hydrogen-bond donors (Lipinski definition) is 1. The van der Waals surface area contributed by atoms with E-state index < -0.39 is 6.10 Å². The summed E-state index contributed by atoms with van der Waals surface area (Å²) in [4.78, 5) is 12.3. The predicted molar refractivity (Wildman–Crippen MR) is 97.6 cm³/mol. The third kappa shape index (κ3) is 5.72. The van der Waals surface area contributed by atoms with Gasteiger partial charge in [0.15, 0.2) is 0 Å². The highest BCUT2D eigenvalue weighted by atomic mass is 16.5. The van der Waals surface area contributed by atoms with Gasteiger partial charge in [0.25, 0.3) is 0 Å². The molecule has 0 bridgehead atoms. The number of carbonyl (C=O) groups is 1. The maximum absolute atomic E-state index is 12.3. The van der Waals surface area contributed by atoms with Crippen molar-refractivity contribution in [3.63, 3.8) is 0 Å². The van der Waals surface area contributed by atoms with E-state index in [4.69, 9.17) is 14.2 Å². The number of ether oxygens (including phenoxy) is 3. The average Bonchev–Trinajstić information content (AvgIpc) is 3.06. The van der Waals surface area contributed by atoms with E-state index in [2.05, 4.69) is 26.1 Å². The van der Waals surface area contributed by atoms with Crippen molar-refractivity contribution in [2.75, 3.05) is 20.3 Å². The molecular formula is C20H31NO4. The van der Waals surface area contributed by atoms with Gasteiger partial charge >= 0.3 is 0 Å². The molecule has 0 aliphatic carbocycles. The van der Waals surface area contributed by atoms with E-state index in [1.165, 1.54) is 0 Å². The lowest BCUT2D eigenvalue weighted by Gasteiger charge is -2.31. The Morgan fingerprint density at radius 2 is 2.16 bits per heavy atom. The maximum atomic E-state index is 12.3. The number of methoxy groups -OCH3 is 1. The van der Waals surface area contributed by atoms with Gasteiger partial charge in [-0.05, 0) is 36.5 Å². The summed E-state index contributed by atoms with van der Waals surface area (Å²) in [5.41, 5.74) is 1.07. The first-order chi connectivity index (χ1) is 11.8. The van der Waals surface area contributed by atoms with Gasteiger partial charge in [-0.3, -0.25) is 4.79 Å². The smallest absolute Gasteiger partial charge is 0.248 e. The van der Waals surface area contributed by atoms with E-state index in [1.807, 2.05) is 24.3 Å². The summed E-state index contributed by atoms with van der Waals surface area (Å²) < 4.78 is 16.8. The van der Waals surface area contributed by atoms with Crippen molar-refractivity contribution in [3.8, 4) is 5.75 Å². The van der Waals surface area contributed by atoms with Gasteiger partial charge in [0.2, 0.25) is 5.91 Å². The topological polar surface area (TPSA) is 56.8 Å². The number of benzene rings is 1. The van der Waals surface area contributed by atoms with E-state index in [9.17, 15) is 4.79 Å². The van der Waals surface area contributed by atoms with Gasteiger partial charge in [-0.15, -0.1) is 0 Å². The minimum absolute atomic E-state index is 0.0811. The summed E-state index contributed by atoms with van der Waals surface area (Å²) in [5.74, 6) is 1.06. The van der Waals surface area contributed by atoms with Crippen molar-refractivity contribution in [2.24, 2.45) is 11.3 Å². The Balaban J connectivity index is 1.78. The molecular weight excluding hydrogens is 318 g/mol.